The molecular weight excluding hydrogens is 432 g/mol. The van der Waals surface area contributed by atoms with Crippen molar-refractivity contribution in [1.82, 2.24) is 4.57 Å². The number of rotatable bonds is 5. The molecule has 27 heavy (non-hydrogen) atoms. The molecule has 0 radical (unpaired) electrons. The van der Waals surface area contributed by atoms with E-state index in [2.05, 4.69) is 20.9 Å². The Morgan fingerprint density at radius 3 is 2.59 bits per heavy atom. The Morgan fingerprint density at radius 1 is 1.15 bits per heavy atom. The van der Waals surface area contributed by atoms with E-state index in [4.69, 9.17) is 9.47 Å². The summed E-state index contributed by atoms with van der Waals surface area (Å²) >= 11 is 4.87. The van der Waals surface area contributed by atoms with Gasteiger partial charge in [-0.15, -0.1) is 0 Å². The molecule has 1 heterocycles. The first-order chi connectivity index (χ1) is 13.0. The normalized spacial score (nSPS) is 11.7. The summed E-state index contributed by atoms with van der Waals surface area (Å²) in [4.78, 5) is 29.6. The van der Waals surface area contributed by atoms with Gasteiger partial charge in [0.05, 0.1) is 35.1 Å². The monoisotopic (exact) mass is 448 g/mol. The third-order valence-corrected chi connectivity index (χ3v) is 5.46. The Bertz CT molecular complexity index is 1070. The minimum absolute atomic E-state index is 0.195. The number of halogens is 1. The summed E-state index contributed by atoms with van der Waals surface area (Å²) in [5.74, 6) is -1.06. The number of benzene rings is 2. The third kappa shape index (κ3) is 4.18. The summed E-state index contributed by atoms with van der Waals surface area (Å²) in [6, 6.07) is 12.4. The molecule has 0 spiro atoms. The van der Waals surface area contributed by atoms with E-state index >= 15 is 0 Å². The maximum absolute atomic E-state index is 12.8. The van der Waals surface area contributed by atoms with Crippen LogP contribution in [0.25, 0.3) is 10.2 Å². The van der Waals surface area contributed by atoms with E-state index in [1.54, 1.807) is 31.4 Å². The van der Waals surface area contributed by atoms with Crippen LogP contribution in [-0.4, -0.2) is 37.3 Å². The van der Waals surface area contributed by atoms with E-state index in [0.717, 1.165) is 14.7 Å². The molecule has 0 unspecified atom stereocenters. The highest BCUT2D eigenvalue weighted by Crippen LogP contribution is 2.22. The fraction of sp³-hybridized carbons (Fsp3) is 0.211. The van der Waals surface area contributed by atoms with Crippen molar-refractivity contribution >= 4 is 49.4 Å². The molecule has 3 aromatic rings. The van der Waals surface area contributed by atoms with E-state index in [-0.39, 0.29) is 11.1 Å². The van der Waals surface area contributed by atoms with Crippen LogP contribution in [0, 0.1) is 0 Å². The van der Waals surface area contributed by atoms with Crippen LogP contribution in [0.5, 0.6) is 0 Å². The standard InChI is InChI=1S/C19H17BrN2O4S/c1-25-10-9-22-15-8-7-12(20)11-16(15)27-19(22)21-17(23)13-5-3-4-6-14(13)18(24)26-2/h3-8,11H,9-10H2,1-2H3. The van der Waals surface area contributed by atoms with Gasteiger partial charge in [0, 0.05) is 18.1 Å². The van der Waals surface area contributed by atoms with Crippen molar-refractivity contribution in [3.63, 3.8) is 0 Å². The van der Waals surface area contributed by atoms with Crippen molar-refractivity contribution in [2.75, 3.05) is 20.8 Å². The Morgan fingerprint density at radius 2 is 1.89 bits per heavy atom. The number of fused-ring (bicyclic) bond motifs is 1. The number of thiazole rings is 1. The Kier molecular flexibility index (Phi) is 6.20. The molecule has 0 aliphatic rings. The third-order valence-electron chi connectivity index (χ3n) is 3.92. The first-order valence-corrected chi connectivity index (χ1v) is 9.70. The number of carbonyl (C=O) groups excluding carboxylic acids is 2. The quantitative estimate of drug-likeness (QED) is 0.558. The summed E-state index contributed by atoms with van der Waals surface area (Å²) in [5, 5.41) is 0. The van der Waals surface area contributed by atoms with Crippen LogP contribution in [0.15, 0.2) is 51.9 Å². The highest BCUT2D eigenvalue weighted by Gasteiger charge is 2.17. The second kappa shape index (κ2) is 8.60. The minimum Gasteiger partial charge on any atom is -0.465 e. The highest BCUT2D eigenvalue weighted by molar-refractivity contribution is 9.10. The molecule has 3 rings (SSSR count). The van der Waals surface area contributed by atoms with Gasteiger partial charge in [-0.3, -0.25) is 4.79 Å². The minimum atomic E-state index is -0.568. The SMILES string of the molecule is COCCn1c(=NC(=O)c2ccccc2C(=O)OC)sc2cc(Br)ccc21. The van der Waals surface area contributed by atoms with Crippen molar-refractivity contribution in [2.45, 2.75) is 6.54 Å². The highest BCUT2D eigenvalue weighted by atomic mass is 79.9. The Balaban J connectivity index is 2.13. The first-order valence-electron chi connectivity index (χ1n) is 8.09. The number of carbonyl (C=O) groups is 2. The summed E-state index contributed by atoms with van der Waals surface area (Å²) in [7, 11) is 2.91. The lowest BCUT2D eigenvalue weighted by Gasteiger charge is -2.05. The molecule has 140 valence electrons. The van der Waals surface area contributed by atoms with Gasteiger partial charge in [-0.05, 0) is 30.3 Å². The van der Waals surface area contributed by atoms with Gasteiger partial charge in [0.15, 0.2) is 4.80 Å². The summed E-state index contributed by atoms with van der Waals surface area (Å²) < 4.78 is 13.8. The molecule has 1 aromatic heterocycles. The lowest BCUT2D eigenvalue weighted by Crippen LogP contribution is -2.20. The molecule has 1 amide bonds. The van der Waals surface area contributed by atoms with Gasteiger partial charge in [0.1, 0.15) is 0 Å². The summed E-state index contributed by atoms with van der Waals surface area (Å²) in [6.45, 7) is 1.05. The fourth-order valence-electron chi connectivity index (χ4n) is 2.64. The zero-order valence-electron chi connectivity index (χ0n) is 14.8. The van der Waals surface area contributed by atoms with E-state index in [9.17, 15) is 9.59 Å². The van der Waals surface area contributed by atoms with Crippen LogP contribution in [-0.2, 0) is 16.0 Å². The predicted molar refractivity (Wildman–Crippen MR) is 107 cm³/mol. The molecule has 2 aromatic carbocycles. The van der Waals surface area contributed by atoms with Crippen LogP contribution in [0.3, 0.4) is 0 Å². The van der Waals surface area contributed by atoms with Crippen LogP contribution < -0.4 is 4.80 Å². The molecule has 0 bridgehead atoms. The lowest BCUT2D eigenvalue weighted by atomic mass is 10.1. The first kappa shape index (κ1) is 19.5. The van der Waals surface area contributed by atoms with E-state index < -0.39 is 11.9 Å². The van der Waals surface area contributed by atoms with Gasteiger partial charge in [-0.1, -0.05) is 39.4 Å². The molecule has 6 nitrogen and oxygen atoms in total. The number of amides is 1. The van der Waals surface area contributed by atoms with Crippen molar-refractivity contribution < 1.29 is 19.1 Å². The predicted octanol–water partition coefficient (Wildman–Crippen LogP) is 3.64. The number of methoxy groups -OCH3 is 2. The maximum atomic E-state index is 12.8. The Hall–Kier alpha value is -2.29. The molecule has 0 saturated carbocycles. The fourth-order valence-corrected chi connectivity index (χ4v) is 4.24. The molecular formula is C19H17BrN2O4S. The maximum Gasteiger partial charge on any atom is 0.338 e. The van der Waals surface area contributed by atoms with Gasteiger partial charge in [-0.25, -0.2) is 4.79 Å². The second-order valence-corrected chi connectivity index (χ2v) is 7.52. The van der Waals surface area contributed by atoms with E-state index in [1.165, 1.54) is 18.4 Å². The van der Waals surface area contributed by atoms with E-state index in [0.29, 0.717) is 18.0 Å². The van der Waals surface area contributed by atoms with Crippen molar-refractivity contribution in [2.24, 2.45) is 4.99 Å². The summed E-state index contributed by atoms with van der Waals surface area (Å²) in [6.07, 6.45) is 0. The molecule has 0 saturated heterocycles. The molecule has 0 aliphatic carbocycles. The van der Waals surface area contributed by atoms with Crippen LogP contribution in [0.2, 0.25) is 0 Å². The molecule has 0 fully saturated rings. The van der Waals surface area contributed by atoms with Gasteiger partial charge in [-0.2, -0.15) is 4.99 Å². The number of ether oxygens (including phenoxy) is 2. The number of nitrogens with zero attached hydrogens (tertiary/aromatic N) is 2. The smallest absolute Gasteiger partial charge is 0.338 e. The Labute approximate surface area is 168 Å². The molecule has 0 atom stereocenters. The zero-order chi connectivity index (χ0) is 19.4. The molecule has 8 heteroatoms. The van der Waals surface area contributed by atoms with Gasteiger partial charge in [0.25, 0.3) is 5.91 Å². The molecule has 0 aliphatic heterocycles. The van der Waals surface area contributed by atoms with Crippen molar-refractivity contribution in [3.05, 3.63) is 62.9 Å². The topological polar surface area (TPSA) is 69.9 Å². The zero-order valence-corrected chi connectivity index (χ0v) is 17.2. The van der Waals surface area contributed by atoms with Gasteiger partial charge < -0.3 is 14.0 Å². The van der Waals surface area contributed by atoms with Crippen molar-refractivity contribution in [1.29, 1.82) is 0 Å². The average Bonchev–Trinajstić information content (AvgIpc) is 3.01. The van der Waals surface area contributed by atoms with Gasteiger partial charge >= 0.3 is 5.97 Å². The number of esters is 1. The van der Waals surface area contributed by atoms with Crippen LogP contribution >= 0.6 is 27.3 Å². The van der Waals surface area contributed by atoms with Gasteiger partial charge in [0.2, 0.25) is 0 Å². The van der Waals surface area contributed by atoms with Crippen LogP contribution in [0.1, 0.15) is 20.7 Å². The van der Waals surface area contributed by atoms with Crippen LogP contribution in [0.4, 0.5) is 0 Å². The lowest BCUT2D eigenvalue weighted by molar-refractivity contribution is 0.0597. The van der Waals surface area contributed by atoms with E-state index in [1.807, 2.05) is 22.8 Å². The summed E-state index contributed by atoms with van der Waals surface area (Å²) in [5.41, 5.74) is 1.37. The second-order valence-electron chi connectivity index (χ2n) is 5.60. The average molecular weight is 449 g/mol. The number of hydrogen-bond acceptors (Lipinski definition) is 5. The number of aromatic nitrogens is 1. The number of hydrogen-bond donors (Lipinski definition) is 0. The molecule has 0 N–H and O–H groups in total. The van der Waals surface area contributed by atoms with Crippen molar-refractivity contribution in [3.8, 4) is 0 Å². The largest absolute Gasteiger partial charge is 0.465 e.